The molecule has 26 heavy (non-hydrogen) atoms. The van der Waals surface area contributed by atoms with Crippen LogP contribution in [-0.2, 0) is 14.8 Å². The molecule has 2 rings (SSSR count). The number of benzene rings is 2. The van der Waals surface area contributed by atoms with Crippen molar-refractivity contribution in [3.63, 3.8) is 0 Å². The Morgan fingerprint density at radius 1 is 1.15 bits per heavy atom. The van der Waals surface area contributed by atoms with E-state index in [-0.39, 0.29) is 11.4 Å². The van der Waals surface area contributed by atoms with Gasteiger partial charge < -0.3 is 10.1 Å². The summed E-state index contributed by atoms with van der Waals surface area (Å²) >= 11 is 11.9. The molecule has 6 nitrogen and oxygen atoms in total. The molecule has 0 radical (unpaired) electrons. The first kappa shape index (κ1) is 20.4. The van der Waals surface area contributed by atoms with Gasteiger partial charge in [0, 0.05) is 15.7 Å². The van der Waals surface area contributed by atoms with E-state index in [0.717, 1.165) is 16.1 Å². The molecular weight excluding hydrogens is 399 g/mol. The number of aryl methyl sites for hydroxylation is 1. The van der Waals surface area contributed by atoms with Crippen LogP contribution in [0, 0.1) is 6.92 Å². The van der Waals surface area contributed by atoms with Gasteiger partial charge in [0.15, 0.2) is 0 Å². The Morgan fingerprint density at radius 3 is 2.35 bits per heavy atom. The lowest BCUT2D eigenvalue weighted by atomic mass is 10.2. The van der Waals surface area contributed by atoms with Crippen molar-refractivity contribution >= 4 is 50.5 Å². The van der Waals surface area contributed by atoms with Crippen LogP contribution in [0.3, 0.4) is 0 Å². The van der Waals surface area contributed by atoms with Crippen molar-refractivity contribution in [2.24, 2.45) is 0 Å². The van der Waals surface area contributed by atoms with E-state index >= 15 is 0 Å². The number of hydrogen-bond acceptors (Lipinski definition) is 4. The lowest BCUT2D eigenvalue weighted by Gasteiger charge is -2.24. The third-order valence-electron chi connectivity index (χ3n) is 3.56. The fourth-order valence-electron chi connectivity index (χ4n) is 2.33. The Hall–Kier alpha value is -1.96. The Bertz CT molecular complexity index is 932. The number of sulfonamides is 1. The highest BCUT2D eigenvalue weighted by atomic mass is 35.5. The molecule has 0 aliphatic rings. The lowest BCUT2D eigenvalue weighted by molar-refractivity contribution is -0.114. The molecular formula is C17H18Cl2N2O4S. The zero-order chi connectivity index (χ0) is 19.5. The molecule has 0 aliphatic heterocycles. The van der Waals surface area contributed by atoms with Gasteiger partial charge in [-0.1, -0.05) is 23.2 Å². The van der Waals surface area contributed by atoms with Gasteiger partial charge in [-0.15, -0.1) is 0 Å². The molecule has 0 heterocycles. The molecule has 0 saturated carbocycles. The highest BCUT2D eigenvalue weighted by molar-refractivity contribution is 7.92. The van der Waals surface area contributed by atoms with E-state index in [1.54, 1.807) is 31.2 Å². The summed E-state index contributed by atoms with van der Waals surface area (Å²) in [4.78, 5) is 12.4. The number of halogens is 2. The fourth-order valence-corrected chi connectivity index (χ4v) is 3.57. The average Bonchev–Trinajstić information content (AvgIpc) is 2.54. The molecule has 0 aliphatic carbocycles. The minimum atomic E-state index is -3.76. The van der Waals surface area contributed by atoms with Crippen molar-refractivity contribution in [2.75, 3.05) is 29.5 Å². The fraction of sp³-hybridized carbons (Fsp3) is 0.235. The maximum atomic E-state index is 12.4. The van der Waals surface area contributed by atoms with Crippen molar-refractivity contribution in [3.05, 3.63) is 52.0 Å². The molecule has 0 unspecified atom stereocenters. The Labute approximate surface area is 162 Å². The van der Waals surface area contributed by atoms with Gasteiger partial charge in [-0.05, 0) is 48.9 Å². The zero-order valence-electron chi connectivity index (χ0n) is 14.4. The van der Waals surface area contributed by atoms with Crippen molar-refractivity contribution in [1.82, 2.24) is 0 Å². The topological polar surface area (TPSA) is 75.7 Å². The van der Waals surface area contributed by atoms with Crippen molar-refractivity contribution in [3.8, 4) is 5.75 Å². The Kier molecular flexibility index (Phi) is 6.39. The number of methoxy groups -OCH3 is 1. The van der Waals surface area contributed by atoms with Gasteiger partial charge in [0.05, 0.1) is 19.1 Å². The molecule has 2 aromatic rings. The third-order valence-corrected chi connectivity index (χ3v) is 5.16. The Morgan fingerprint density at radius 2 is 1.77 bits per heavy atom. The molecule has 0 aromatic heterocycles. The summed E-state index contributed by atoms with van der Waals surface area (Å²) in [5.41, 5.74) is 1.49. The normalized spacial score (nSPS) is 11.1. The maximum absolute atomic E-state index is 12.4. The predicted molar refractivity (Wildman–Crippen MR) is 105 cm³/mol. The molecule has 0 saturated heterocycles. The largest absolute Gasteiger partial charge is 0.495 e. The first-order chi connectivity index (χ1) is 12.1. The molecule has 0 atom stereocenters. The van der Waals surface area contributed by atoms with Gasteiger partial charge in [-0.25, -0.2) is 8.42 Å². The van der Waals surface area contributed by atoms with E-state index in [1.807, 2.05) is 0 Å². The summed E-state index contributed by atoms with van der Waals surface area (Å²) in [6, 6.07) is 9.53. The molecule has 0 bridgehead atoms. The van der Waals surface area contributed by atoms with E-state index in [0.29, 0.717) is 15.7 Å². The van der Waals surface area contributed by atoms with Crippen LogP contribution in [0.1, 0.15) is 5.56 Å². The van der Waals surface area contributed by atoms with E-state index in [9.17, 15) is 13.2 Å². The molecule has 2 aromatic carbocycles. The van der Waals surface area contributed by atoms with E-state index < -0.39 is 22.5 Å². The van der Waals surface area contributed by atoms with Crippen LogP contribution in [0.5, 0.6) is 5.75 Å². The second-order valence-electron chi connectivity index (χ2n) is 5.59. The first-order valence-corrected chi connectivity index (χ1v) is 10.1. The second kappa shape index (κ2) is 8.16. The van der Waals surface area contributed by atoms with Crippen molar-refractivity contribution in [1.29, 1.82) is 0 Å². The lowest BCUT2D eigenvalue weighted by Crippen LogP contribution is -2.37. The summed E-state index contributed by atoms with van der Waals surface area (Å²) in [7, 11) is -2.35. The van der Waals surface area contributed by atoms with Crippen LogP contribution in [0.4, 0.5) is 11.4 Å². The first-order valence-electron chi connectivity index (χ1n) is 7.49. The van der Waals surface area contributed by atoms with E-state index in [4.69, 9.17) is 27.9 Å². The maximum Gasteiger partial charge on any atom is 0.245 e. The standard InChI is InChI=1S/C17H18Cl2N2O4S/c1-11-8-12(18)4-6-14(11)20-17(22)10-21(26(3,23)24)15-9-13(19)5-7-16(15)25-2/h4-9H,10H2,1-3H3,(H,20,22). The van der Waals surface area contributed by atoms with Gasteiger partial charge in [0.2, 0.25) is 15.9 Å². The third kappa shape index (κ3) is 5.03. The number of rotatable bonds is 6. The monoisotopic (exact) mass is 416 g/mol. The molecule has 1 amide bonds. The van der Waals surface area contributed by atoms with Crippen molar-refractivity contribution < 1.29 is 17.9 Å². The van der Waals surface area contributed by atoms with E-state index in [2.05, 4.69) is 5.32 Å². The van der Waals surface area contributed by atoms with Crippen LogP contribution >= 0.6 is 23.2 Å². The molecule has 0 fully saturated rings. The number of hydrogen-bond donors (Lipinski definition) is 1. The van der Waals surface area contributed by atoms with Gasteiger partial charge in [-0.2, -0.15) is 0 Å². The van der Waals surface area contributed by atoms with Crippen LogP contribution in [0.15, 0.2) is 36.4 Å². The second-order valence-corrected chi connectivity index (χ2v) is 8.37. The highest BCUT2D eigenvalue weighted by Gasteiger charge is 2.24. The average molecular weight is 417 g/mol. The predicted octanol–water partition coefficient (Wildman–Crippen LogP) is 3.72. The number of carbonyl (C=O) groups is 1. The van der Waals surface area contributed by atoms with Crippen molar-refractivity contribution in [2.45, 2.75) is 6.92 Å². The van der Waals surface area contributed by atoms with E-state index in [1.165, 1.54) is 19.2 Å². The minimum Gasteiger partial charge on any atom is -0.495 e. The zero-order valence-corrected chi connectivity index (χ0v) is 16.7. The number of amides is 1. The number of nitrogens with zero attached hydrogens (tertiary/aromatic N) is 1. The van der Waals surface area contributed by atoms with Crippen LogP contribution in [0.2, 0.25) is 10.0 Å². The summed E-state index contributed by atoms with van der Waals surface area (Å²) in [6.45, 7) is 1.35. The highest BCUT2D eigenvalue weighted by Crippen LogP contribution is 2.32. The van der Waals surface area contributed by atoms with Gasteiger partial charge in [-0.3, -0.25) is 9.10 Å². The molecule has 140 valence electrons. The summed E-state index contributed by atoms with van der Waals surface area (Å²) in [5, 5.41) is 3.55. The number of nitrogens with one attached hydrogen (secondary N) is 1. The molecule has 0 spiro atoms. The SMILES string of the molecule is COc1ccc(Cl)cc1N(CC(=O)Nc1ccc(Cl)cc1C)S(C)(=O)=O. The molecule has 9 heteroatoms. The van der Waals surface area contributed by atoms with Crippen LogP contribution in [0.25, 0.3) is 0 Å². The quantitative estimate of drug-likeness (QED) is 0.778. The summed E-state index contributed by atoms with van der Waals surface area (Å²) < 4.78 is 30.6. The number of anilines is 2. The minimum absolute atomic E-state index is 0.186. The van der Waals surface area contributed by atoms with Crippen LogP contribution < -0.4 is 14.4 Å². The summed E-state index contributed by atoms with van der Waals surface area (Å²) in [6.07, 6.45) is 1.01. The number of ether oxygens (including phenoxy) is 1. The molecule has 1 N–H and O–H groups in total. The smallest absolute Gasteiger partial charge is 0.245 e. The van der Waals surface area contributed by atoms with Crippen LogP contribution in [-0.4, -0.2) is 34.2 Å². The van der Waals surface area contributed by atoms with Gasteiger partial charge >= 0.3 is 0 Å². The number of carbonyl (C=O) groups excluding carboxylic acids is 1. The summed E-state index contributed by atoms with van der Waals surface area (Å²) in [5.74, 6) is -0.224. The van der Waals surface area contributed by atoms with Gasteiger partial charge in [0.1, 0.15) is 12.3 Å². The Balaban J connectivity index is 2.32. The van der Waals surface area contributed by atoms with Gasteiger partial charge in [0.25, 0.3) is 0 Å².